The minimum atomic E-state index is -1.33. The van der Waals surface area contributed by atoms with Gasteiger partial charge in [0, 0.05) is 15.7 Å². The Morgan fingerprint density at radius 2 is 1.46 bits per heavy atom. The zero-order chi connectivity index (χ0) is 19.5. The summed E-state index contributed by atoms with van der Waals surface area (Å²) in [5, 5.41) is 6.49. The summed E-state index contributed by atoms with van der Waals surface area (Å²) >= 11 is 11.9. The lowest BCUT2D eigenvalue weighted by atomic mass is 9.90. The van der Waals surface area contributed by atoms with Crippen LogP contribution < -0.4 is 15.4 Å². The first-order valence-electron chi connectivity index (χ1n) is 7.87. The fraction of sp³-hybridized carbons (Fsp3) is 0.263. The summed E-state index contributed by atoms with van der Waals surface area (Å²) in [6, 6.07) is 9.97. The maximum Gasteiger partial charge on any atom is 0.239 e. The van der Waals surface area contributed by atoms with Crippen molar-refractivity contribution in [3.8, 4) is 5.75 Å². The molecule has 0 aliphatic carbocycles. The van der Waals surface area contributed by atoms with Crippen molar-refractivity contribution in [3.05, 3.63) is 52.0 Å². The average molecular weight is 395 g/mol. The van der Waals surface area contributed by atoms with Gasteiger partial charge in [0.25, 0.3) is 0 Å². The van der Waals surface area contributed by atoms with Crippen LogP contribution in [0.15, 0.2) is 36.4 Å². The molecular formula is C19H20Cl2N2O3. The van der Waals surface area contributed by atoms with Crippen molar-refractivity contribution in [1.29, 1.82) is 0 Å². The molecule has 7 heteroatoms. The molecule has 5 nitrogen and oxygen atoms in total. The molecule has 2 aromatic rings. The predicted octanol–water partition coefficient (Wildman–Crippen LogP) is 4.91. The second kappa shape index (κ2) is 7.98. The standard InChI is InChI=1S/C19H20Cl2N2O3/c1-11-9-12(20)5-7-14(11)22-17(24)19(2,3)18(25)23-15-10-13(21)6-8-16(15)26-4/h5-10H,1-4H3,(H,22,24)(H,23,25). The molecule has 0 aliphatic rings. The molecule has 0 unspecified atom stereocenters. The Morgan fingerprint density at radius 3 is 2.04 bits per heavy atom. The number of hydrogen-bond acceptors (Lipinski definition) is 3. The van der Waals surface area contributed by atoms with Gasteiger partial charge >= 0.3 is 0 Å². The first kappa shape index (κ1) is 20.1. The molecule has 0 saturated carbocycles. The van der Waals surface area contributed by atoms with Gasteiger partial charge < -0.3 is 15.4 Å². The van der Waals surface area contributed by atoms with E-state index < -0.39 is 17.2 Å². The number of ether oxygens (including phenoxy) is 1. The van der Waals surface area contributed by atoms with E-state index in [4.69, 9.17) is 27.9 Å². The van der Waals surface area contributed by atoms with Crippen molar-refractivity contribution >= 4 is 46.4 Å². The number of benzene rings is 2. The van der Waals surface area contributed by atoms with E-state index in [2.05, 4.69) is 10.6 Å². The Balaban J connectivity index is 2.19. The second-order valence-electron chi connectivity index (χ2n) is 6.34. The van der Waals surface area contributed by atoms with E-state index in [1.807, 2.05) is 6.92 Å². The number of methoxy groups -OCH3 is 1. The number of carbonyl (C=O) groups excluding carboxylic acids is 2. The molecule has 0 aromatic heterocycles. The van der Waals surface area contributed by atoms with Crippen molar-refractivity contribution in [2.45, 2.75) is 20.8 Å². The largest absolute Gasteiger partial charge is 0.495 e. The van der Waals surface area contributed by atoms with E-state index >= 15 is 0 Å². The van der Waals surface area contributed by atoms with Crippen LogP contribution in [0.2, 0.25) is 10.0 Å². The van der Waals surface area contributed by atoms with Gasteiger partial charge in [0.1, 0.15) is 11.2 Å². The molecule has 2 aromatic carbocycles. The maximum absolute atomic E-state index is 12.7. The summed E-state index contributed by atoms with van der Waals surface area (Å²) in [5.74, 6) is -0.476. The van der Waals surface area contributed by atoms with Crippen LogP contribution in [-0.2, 0) is 9.59 Å². The fourth-order valence-corrected chi connectivity index (χ4v) is 2.60. The number of halogens is 2. The van der Waals surface area contributed by atoms with Crippen LogP contribution in [0, 0.1) is 12.3 Å². The third kappa shape index (κ3) is 4.48. The summed E-state index contributed by atoms with van der Waals surface area (Å²) in [6.45, 7) is 4.91. The zero-order valence-electron chi connectivity index (χ0n) is 14.9. The van der Waals surface area contributed by atoms with Crippen LogP contribution in [0.4, 0.5) is 11.4 Å². The molecule has 0 fully saturated rings. The van der Waals surface area contributed by atoms with Gasteiger partial charge in [-0.2, -0.15) is 0 Å². The van der Waals surface area contributed by atoms with Crippen molar-refractivity contribution in [1.82, 2.24) is 0 Å². The van der Waals surface area contributed by atoms with E-state index in [-0.39, 0.29) is 0 Å². The smallest absolute Gasteiger partial charge is 0.239 e. The topological polar surface area (TPSA) is 67.4 Å². The first-order valence-corrected chi connectivity index (χ1v) is 8.63. The summed E-state index contributed by atoms with van der Waals surface area (Å²) in [5.41, 5.74) is 0.465. The Bertz CT molecular complexity index is 851. The molecule has 0 spiro atoms. The molecule has 0 radical (unpaired) electrons. The van der Waals surface area contributed by atoms with E-state index in [1.54, 1.807) is 50.2 Å². The normalized spacial score (nSPS) is 11.0. The maximum atomic E-state index is 12.7. The predicted molar refractivity (Wildman–Crippen MR) is 105 cm³/mol. The molecule has 26 heavy (non-hydrogen) atoms. The van der Waals surface area contributed by atoms with Gasteiger partial charge in [0.2, 0.25) is 11.8 Å². The van der Waals surface area contributed by atoms with Gasteiger partial charge in [-0.3, -0.25) is 9.59 Å². The van der Waals surface area contributed by atoms with E-state index in [9.17, 15) is 9.59 Å². The number of rotatable bonds is 5. The van der Waals surface area contributed by atoms with Gasteiger partial charge in [0.05, 0.1) is 12.8 Å². The van der Waals surface area contributed by atoms with Crippen LogP contribution >= 0.6 is 23.2 Å². The number of anilines is 2. The highest BCUT2D eigenvalue weighted by Crippen LogP contribution is 2.30. The monoisotopic (exact) mass is 394 g/mol. The number of nitrogens with one attached hydrogen (secondary N) is 2. The van der Waals surface area contributed by atoms with Gasteiger partial charge in [-0.1, -0.05) is 23.2 Å². The van der Waals surface area contributed by atoms with Gasteiger partial charge in [0.15, 0.2) is 0 Å². The van der Waals surface area contributed by atoms with Crippen LogP contribution in [0.3, 0.4) is 0 Å². The highest BCUT2D eigenvalue weighted by Gasteiger charge is 2.36. The van der Waals surface area contributed by atoms with Gasteiger partial charge in [-0.25, -0.2) is 0 Å². The van der Waals surface area contributed by atoms with Crippen molar-refractivity contribution in [2.24, 2.45) is 5.41 Å². The summed E-state index contributed by atoms with van der Waals surface area (Å²) < 4.78 is 5.21. The Labute approximate surface area is 162 Å². The molecular weight excluding hydrogens is 375 g/mol. The van der Waals surface area contributed by atoms with Crippen LogP contribution in [0.5, 0.6) is 5.75 Å². The Hall–Kier alpha value is -2.24. The second-order valence-corrected chi connectivity index (χ2v) is 7.21. The van der Waals surface area contributed by atoms with Crippen LogP contribution in [0.25, 0.3) is 0 Å². The first-order chi connectivity index (χ1) is 12.1. The van der Waals surface area contributed by atoms with E-state index in [0.29, 0.717) is 27.2 Å². The van der Waals surface area contributed by atoms with E-state index in [0.717, 1.165) is 5.56 Å². The minimum absolute atomic E-state index is 0.397. The molecule has 2 N–H and O–H groups in total. The van der Waals surface area contributed by atoms with Crippen LogP contribution in [0.1, 0.15) is 19.4 Å². The minimum Gasteiger partial charge on any atom is -0.495 e. The molecule has 2 rings (SSSR count). The summed E-state index contributed by atoms with van der Waals surface area (Å²) in [7, 11) is 1.49. The molecule has 0 saturated heterocycles. The number of hydrogen-bond donors (Lipinski definition) is 2. The molecule has 0 aliphatic heterocycles. The lowest BCUT2D eigenvalue weighted by Crippen LogP contribution is -2.41. The van der Waals surface area contributed by atoms with Gasteiger partial charge in [-0.15, -0.1) is 0 Å². The fourth-order valence-electron chi connectivity index (χ4n) is 2.21. The third-order valence-electron chi connectivity index (χ3n) is 3.98. The molecule has 0 atom stereocenters. The van der Waals surface area contributed by atoms with Crippen LogP contribution in [-0.4, -0.2) is 18.9 Å². The lowest BCUT2D eigenvalue weighted by Gasteiger charge is -2.24. The van der Waals surface area contributed by atoms with Crippen molar-refractivity contribution in [2.75, 3.05) is 17.7 Å². The zero-order valence-corrected chi connectivity index (χ0v) is 16.5. The Kier molecular flexibility index (Phi) is 6.16. The quantitative estimate of drug-likeness (QED) is 0.707. The van der Waals surface area contributed by atoms with Crippen molar-refractivity contribution in [3.63, 3.8) is 0 Å². The highest BCUT2D eigenvalue weighted by molar-refractivity contribution is 6.31. The number of aryl methyl sites for hydroxylation is 1. The van der Waals surface area contributed by atoms with Gasteiger partial charge in [-0.05, 0) is 62.7 Å². The SMILES string of the molecule is COc1ccc(Cl)cc1NC(=O)C(C)(C)C(=O)Nc1ccc(Cl)cc1C. The third-order valence-corrected chi connectivity index (χ3v) is 4.45. The average Bonchev–Trinajstić information content (AvgIpc) is 2.57. The summed E-state index contributed by atoms with van der Waals surface area (Å²) in [6.07, 6.45) is 0. The number of amides is 2. The van der Waals surface area contributed by atoms with E-state index in [1.165, 1.54) is 7.11 Å². The number of carbonyl (C=O) groups is 2. The Morgan fingerprint density at radius 1 is 0.923 bits per heavy atom. The summed E-state index contributed by atoms with van der Waals surface area (Å²) in [4.78, 5) is 25.4. The molecule has 2 amide bonds. The lowest BCUT2D eigenvalue weighted by molar-refractivity contribution is -0.135. The van der Waals surface area contributed by atoms with Crippen molar-refractivity contribution < 1.29 is 14.3 Å². The molecule has 138 valence electrons. The highest BCUT2D eigenvalue weighted by atomic mass is 35.5. The molecule has 0 bridgehead atoms. The molecule has 0 heterocycles.